The second-order valence-electron chi connectivity index (χ2n) is 4.54. The van der Waals surface area contributed by atoms with Gasteiger partial charge in [-0.25, -0.2) is 13.1 Å². The minimum Gasteiger partial charge on any atom is -0.313 e. The van der Waals surface area contributed by atoms with E-state index in [1.165, 1.54) is 5.41 Å². The molecular formula is C14H17ClN2O2S. The first-order chi connectivity index (χ1) is 9.55. The highest BCUT2D eigenvalue weighted by molar-refractivity contribution is 7.92. The normalized spacial score (nSPS) is 16.4. The standard InChI is InChI=1S/C14H17ClN2O2S/c15-14-3-1-12(2-4-14)7-10-20(18,19)17-11-13-5-8-16-9-6-13/h1-5,7,10,16-17H,6,8-9,11H2/b10-7+. The van der Waals surface area contributed by atoms with Crippen molar-refractivity contribution < 1.29 is 8.42 Å². The van der Waals surface area contributed by atoms with Crippen LogP contribution in [-0.2, 0) is 10.0 Å². The van der Waals surface area contributed by atoms with Gasteiger partial charge in [0.05, 0.1) is 0 Å². The molecule has 0 bridgehead atoms. The van der Waals surface area contributed by atoms with Gasteiger partial charge < -0.3 is 5.32 Å². The van der Waals surface area contributed by atoms with Gasteiger partial charge in [-0.3, -0.25) is 0 Å². The number of hydrogen-bond donors (Lipinski definition) is 2. The summed E-state index contributed by atoms with van der Waals surface area (Å²) in [5.41, 5.74) is 1.91. The molecule has 4 nitrogen and oxygen atoms in total. The summed E-state index contributed by atoms with van der Waals surface area (Å²) in [6, 6.07) is 6.98. The van der Waals surface area contributed by atoms with Crippen LogP contribution in [0.5, 0.6) is 0 Å². The molecular weight excluding hydrogens is 296 g/mol. The van der Waals surface area contributed by atoms with Gasteiger partial charge in [0.2, 0.25) is 10.0 Å². The average molecular weight is 313 g/mol. The van der Waals surface area contributed by atoms with E-state index in [-0.39, 0.29) is 0 Å². The average Bonchev–Trinajstić information content (AvgIpc) is 2.46. The second kappa shape index (κ2) is 7.04. The maximum atomic E-state index is 11.8. The van der Waals surface area contributed by atoms with Gasteiger partial charge in [-0.15, -0.1) is 0 Å². The summed E-state index contributed by atoms with van der Waals surface area (Å²) in [5.74, 6) is 0. The van der Waals surface area contributed by atoms with E-state index >= 15 is 0 Å². The van der Waals surface area contributed by atoms with Crippen molar-refractivity contribution in [1.82, 2.24) is 10.0 Å². The summed E-state index contributed by atoms with van der Waals surface area (Å²) in [4.78, 5) is 0. The van der Waals surface area contributed by atoms with E-state index in [4.69, 9.17) is 11.6 Å². The Morgan fingerprint density at radius 1 is 1.30 bits per heavy atom. The fourth-order valence-electron chi connectivity index (χ4n) is 1.81. The molecule has 0 aromatic heterocycles. The van der Waals surface area contributed by atoms with Crippen LogP contribution in [0.3, 0.4) is 0 Å². The van der Waals surface area contributed by atoms with Crippen LogP contribution in [0.2, 0.25) is 5.02 Å². The van der Waals surface area contributed by atoms with Crippen molar-refractivity contribution in [3.8, 4) is 0 Å². The zero-order chi connectivity index (χ0) is 14.4. The molecule has 20 heavy (non-hydrogen) atoms. The molecule has 1 aromatic rings. The van der Waals surface area contributed by atoms with Crippen LogP contribution in [0.25, 0.3) is 6.08 Å². The Balaban J connectivity index is 1.93. The van der Waals surface area contributed by atoms with Gasteiger partial charge in [0.1, 0.15) is 0 Å². The van der Waals surface area contributed by atoms with Crippen molar-refractivity contribution in [3.05, 3.63) is 51.9 Å². The van der Waals surface area contributed by atoms with E-state index in [0.29, 0.717) is 11.6 Å². The molecule has 0 spiro atoms. The maximum Gasteiger partial charge on any atom is 0.234 e. The first-order valence-electron chi connectivity index (χ1n) is 6.37. The summed E-state index contributed by atoms with van der Waals surface area (Å²) in [5, 5.41) is 4.99. The fraction of sp³-hybridized carbons (Fsp3) is 0.286. The number of nitrogens with one attached hydrogen (secondary N) is 2. The Kier molecular flexibility index (Phi) is 5.37. The molecule has 1 aliphatic rings. The molecule has 2 rings (SSSR count). The number of sulfonamides is 1. The van der Waals surface area contributed by atoms with Gasteiger partial charge in [-0.1, -0.05) is 35.4 Å². The topological polar surface area (TPSA) is 58.2 Å². The molecule has 1 aromatic carbocycles. The molecule has 1 aliphatic heterocycles. The fourth-order valence-corrected chi connectivity index (χ4v) is 2.76. The molecule has 0 unspecified atom stereocenters. The molecule has 6 heteroatoms. The summed E-state index contributed by atoms with van der Waals surface area (Å²) in [6.07, 6.45) is 4.45. The van der Waals surface area contributed by atoms with Gasteiger partial charge >= 0.3 is 0 Å². The van der Waals surface area contributed by atoms with E-state index in [2.05, 4.69) is 10.0 Å². The highest BCUT2D eigenvalue weighted by Gasteiger charge is 2.08. The Bertz CT molecular complexity index is 607. The van der Waals surface area contributed by atoms with Crippen LogP contribution in [0, 0.1) is 0 Å². The monoisotopic (exact) mass is 312 g/mol. The summed E-state index contributed by atoms with van der Waals surface area (Å²) >= 11 is 5.77. The third-order valence-corrected chi connectivity index (χ3v) is 4.26. The van der Waals surface area contributed by atoms with Crippen molar-refractivity contribution >= 4 is 27.7 Å². The lowest BCUT2D eigenvalue weighted by molar-refractivity contribution is 0.591. The quantitative estimate of drug-likeness (QED) is 0.819. The summed E-state index contributed by atoms with van der Waals surface area (Å²) in [6.45, 7) is 2.07. The third-order valence-electron chi connectivity index (χ3n) is 2.97. The minimum absolute atomic E-state index is 0.370. The van der Waals surface area contributed by atoms with E-state index < -0.39 is 10.0 Å². The van der Waals surface area contributed by atoms with E-state index in [0.717, 1.165) is 30.6 Å². The lowest BCUT2D eigenvalue weighted by Crippen LogP contribution is -2.28. The highest BCUT2D eigenvalue weighted by atomic mass is 35.5. The molecule has 0 amide bonds. The van der Waals surface area contributed by atoms with Crippen molar-refractivity contribution in [1.29, 1.82) is 0 Å². The number of hydrogen-bond acceptors (Lipinski definition) is 3. The van der Waals surface area contributed by atoms with Crippen LogP contribution in [-0.4, -0.2) is 28.1 Å². The molecule has 2 N–H and O–H groups in total. The van der Waals surface area contributed by atoms with Gasteiger partial charge in [0, 0.05) is 23.5 Å². The molecule has 0 saturated heterocycles. The lowest BCUT2D eigenvalue weighted by atomic mass is 10.1. The number of benzene rings is 1. The highest BCUT2D eigenvalue weighted by Crippen LogP contribution is 2.11. The van der Waals surface area contributed by atoms with Gasteiger partial charge in [-0.2, -0.15) is 0 Å². The van der Waals surface area contributed by atoms with Gasteiger partial charge in [-0.05, 0) is 36.7 Å². The molecule has 0 aliphatic carbocycles. The van der Waals surface area contributed by atoms with Crippen LogP contribution in [0.4, 0.5) is 0 Å². The largest absolute Gasteiger partial charge is 0.313 e. The molecule has 1 heterocycles. The molecule has 0 radical (unpaired) electrons. The Hall–Kier alpha value is -1.14. The summed E-state index contributed by atoms with van der Waals surface area (Å²) < 4.78 is 26.3. The van der Waals surface area contributed by atoms with E-state index in [1.54, 1.807) is 30.3 Å². The Morgan fingerprint density at radius 3 is 2.70 bits per heavy atom. The zero-order valence-corrected chi connectivity index (χ0v) is 12.5. The van der Waals surface area contributed by atoms with E-state index in [1.807, 2.05) is 6.08 Å². The SMILES string of the molecule is O=S(=O)(/C=C/c1ccc(Cl)cc1)NCC1=CCNCC1. The minimum atomic E-state index is -3.41. The third kappa shape index (κ3) is 5.09. The summed E-state index contributed by atoms with van der Waals surface area (Å²) in [7, 11) is -3.41. The van der Waals surface area contributed by atoms with Crippen molar-refractivity contribution in [2.24, 2.45) is 0 Å². The van der Waals surface area contributed by atoms with Crippen molar-refractivity contribution in [2.75, 3.05) is 19.6 Å². The maximum absolute atomic E-state index is 11.8. The molecule has 0 atom stereocenters. The predicted octanol–water partition coefficient (Wildman–Crippen LogP) is 2.15. The molecule has 0 saturated carbocycles. The zero-order valence-electron chi connectivity index (χ0n) is 11.0. The van der Waals surface area contributed by atoms with Crippen LogP contribution >= 0.6 is 11.6 Å². The smallest absolute Gasteiger partial charge is 0.234 e. The predicted molar refractivity (Wildman–Crippen MR) is 83.0 cm³/mol. The molecule has 0 fully saturated rings. The lowest BCUT2D eigenvalue weighted by Gasteiger charge is -2.13. The first kappa shape index (κ1) is 15.3. The van der Waals surface area contributed by atoms with E-state index in [9.17, 15) is 8.42 Å². The number of rotatable bonds is 5. The second-order valence-corrected chi connectivity index (χ2v) is 6.62. The van der Waals surface area contributed by atoms with Gasteiger partial charge in [0.15, 0.2) is 0 Å². The van der Waals surface area contributed by atoms with Gasteiger partial charge in [0.25, 0.3) is 0 Å². The Labute approximate surface area is 124 Å². The molecule has 108 valence electrons. The van der Waals surface area contributed by atoms with Crippen molar-refractivity contribution in [2.45, 2.75) is 6.42 Å². The van der Waals surface area contributed by atoms with Crippen LogP contribution in [0.1, 0.15) is 12.0 Å². The number of halogens is 1. The van der Waals surface area contributed by atoms with Crippen LogP contribution < -0.4 is 10.0 Å². The van der Waals surface area contributed by atoms with Crippen LogP contribution in [0.15, 0.2) is 41.3 Å². The Morgan fingerprint density at radius 2 is 2.05 bits per heavy atom. The van der Waals surface area contributed by atoms with Crippen molar-refractivity contribution in [3.63, 3.8) is 0 Å². The first-order valence-corrected chi connectivity index (χ1v) is 8.29.